The van der Waals surface area contributed by atoms with Gasteiger partial charge in [-0.3, -0.25) is 4.90 Å². The fraction of sp³-hybridized carbons (Fsp3) is 0.538. The minimum absolute atomic E-state index is 0.530. The molecule has 15 heavy (non-hydrogen) atoms. The monoisotopic (exact) mass is 223 g/mol. The van der Waals surface area contributed by atoms with Crippen LogP contribution in [0.25, 0.3) is 0 Å². The zero-order chi connectivity index (χ0) is 10.7. The van der Waals surface area contributed by atoms with Crippen LogP contribution in [0.2, 0.25) is 5.02 Å². The van der Waals surface area contributed by atoms with Crippen molar-refractivity contribution < 1.29 is 0 Å². The summed E-state index contributed by atoms with van der Waals surface area (Å²) in [6, 6.07) is 8.78. The molecule has 1 aliphatic rings. The van der Waals surface area contributed by atoms with Crippen LogP contribution in [-0.2, 0) is 0 Å². The molecule has 0 radical (unpaired) electrons. The summed E-state index contributed by atoms with van der Waals surface area (Å²) in [7, 11) is 0. The number of halogens is 1. The van der Waals surface area contributed by atoms with Gasteiger partial charge < -0.3 is 0 Å². The minimum atomic E-state index is 0.530. The van der Waals surface area contributed by atoms with Crippen molar-refractivity contribution in [2.45, 2.75) is 32.2 Å². The Hall–Kier alpha value is -0.530. The number of piperidine rings is 1. The van der Waals surface area contributed by atoms with Crippen LogP contribution in [0.15, 0.2) is 24.3 Å². The number of hydrogen-bond donors (Lipinski definition) is 0. The van der Waals surface area contributed by atoms with Crippen molar-refractivity contribution in [3.8, 4) is 0 Å². The molecule has 0 bridgehead atoms. The molecule has 1 heterocycles. The molecule has 0 saturated carbocycles. The normalized spacial score (nSPS) is 20.1. The lowest BCUT2D eigenvalue weighted by Gasteiger charge is -2.32. The summed E-state index contributed by atoms with van der Waals surface area (Å²) < 4.78 is 0. The fourth-order valence-corrected chi connectivity index (χ4v) is 2.38. The average molecular weight is 224 g/mol. The lowest BCUT2D eigenvalue weighted by Crippen LogP contribution is -2.32. The van der Waals surface area contributed by atoms with Crippen LogP contribution < -0.4 is 0 Å². The molecule has 0 N–H and O–H groups in total. The first-order chi connectivity index (χ1) is 7.27. The van der Waals surface area contributed by atoms with Crippen LogP contribution in [0.4, 0.5) is 0 Å². The maximum absolute atomic E-state index is 5.89. The molecule has 2 heteroatoms. The predicted molar refractivity (Wildman–Crippen MR) is 65.3 cm³/mol. The van der Waals surface area contributed by atoms with E-state index in [1.807, 2.05) is 12.1 Å². The Bertz CT molecular complexity index is 301. The van der Waals surface area contributed by atoms with Gasteiger partial charge in [-0.2, -0.15) is 0 Å². The zero-order valence-corrected chi connectivity index (χ0v) is 10.0. The third kappa shape index (κ3) is 2.73. The Morgan fingerprint density at radius 1 is 1.07 bits per heavy atom. The first kappa shape index (κ1) is 11.0. The summed E-state index contributed by atoms with van der Waals surface area (Å²) >= 11 is 5.89. The van der Waals surface area contributed by atoms with Crippen LogP contribution in [0.3, 0.4) is 0 Å². The van der Waals surface area contributed by atoms with Gasteiger partial charge in [0.05, 0.1) is 0 Å². The summed E-state index contributed by atoms with van der Waals surface area (Å²) in [5.41, 5.74) is 1.38. The Morgan fingerprint density at radius 2 is 1.67 bits per heavy atom. The van der Waals surface area contributed by atoms with Gasteiger partial charge in [-0.05, 0) is 50.6 Å². The molecule has 1 atom stereocenters. The fourth-order valence-electron chi connectivity index (χ4n) is 2.26. The van der Waals surface area contributed by atoms with Crippen LogP contribution in [-0.4, -0.2) is 18.0 Å². The van der Waals surface area contributed by atoms with Crippen molar-refractivity contribution in [1.82, 2.24) is 4.90 Å². The SMILES string of the molecule is CC(c1ccc(Cl)cc1)N1CCCCC1. The number of hydrogen-bond acceptors (Lipinski definition) is 1. The molecule has 1 fully saturated rings. The van der Waals surface area contributed by atoms with E-state index < -0.39 is 0 Å². The van der Waals surface area contributed by atoms with E-state index >= 15 is 0 Å². The third-order valence-electron chi connectivity index (χ3n) is 3.29. The summed E-state index contributed by atoms with van der Waals surface area (Å²) in [4.78, 5) is 2.56. The van der Waals surface area contributed by atoms with Gasteiger partial charge in [-0.15, -0.1) is 0 Å². The highest BCUT2D eigenvalue weighted by molar-refractivity contribution is 6.30. The quantitative estimate of drug-likeness (QED) is 0.736. The van der Waals surface area contributed by atoms with Gasteiger partial charge in [0.15, 0.2) is 0 Å². The van der Waals surface area contributed by atoms with Crippen LogP contribution in [0, 0.1) is 0 Å². The maximum atomic E-state index is 5.89. The topological polar surface area (TPSA) is 3.24 Å². The molecule has 0 spiro atoms. The van der Waals surface area contributed by atoms with Gasteiger partial charge in [0.25, 0.3) is 0 Å². The third-order valence-corrected chi connectivity index (χ3v) is 3.54. The first-order valence-electron chi connectivity index (χ1n) is 5.77. The van der Waals surface area contributed by atoms with E-state index in [9.17, 15) is 0 Å². The van der Waals surface area contributed by atoms with Crippen LogP contribution >= 0.6 is 11.6 Å². The molecular weight excluding hydrogens is 206 g/mol. The maximum Gasteiger partial charge on any atom is 0.0406 e. The van der Waals surface area contributed by atoms with Gasteiger partial charge in [0, 0.05) is 11.1 Å². The predicted octanol–water partition coefficient (Wildman–Crippen LogP) is 3.89. The summed E-state index contributed by atoms with van der Waals surface area (Å²) in [5.74, 6) is 0. The molecule has 0 aromatic heterocycles. The number of benzene rings is 1. The Kier molecular flexibility index (Phi) is 3.66. The van der Waals surface area contributed by atoms with Crippen LogP contribution in [0.5, 0.6) is 0 Å². The highest BCUT2D eigenvalue weighted by atomic mass is 35.5. The molecule has 2 rings (SSSR count). The Morgan fingerprint density at radius 3 is 2.27 bits per heavy atom. The van der Waals surface area contributed by atoms with Crippen LogP contribution in [0.1, 0.15) is 37.8 Å². The van der Waals surface area contributed by atoms with Crippen molar-refractivity contribution in [3.63, 3.8) is 0 Å². The number of nitrogens with zero attached hydrogens (tertiary/aromatic N) is 1. The summed E-state index contributed by atoms with van der Waals surface area (Å²) in [6.45, 7) is 4.77. The van der Waals surface area contributed by atoms with E-state index in [4.69, 9.17) is 11.6 Å². The molecule has 1 unspecified atom stereocenters. The molecule has 1 saturated heterocycles. The molecule has 1 aliphatic heterocycles. The second-order valence-corrected chi connectivity index (χ2v) is 4.76. The Balaban J connectivity index is 2.05. The lowest BCUT2D eigenvalue weighted by molar-refractivity contribution is 0.175. The van der Waals surface area contributed by atoms with Gasteiger partial charge in [0.2, 0.25) is 0 Å². The van der Waals surface area contributed by atoms with Gasteiger partial charge in [-0.25, -0.2) is 0 Å². The molecule has 82 valence electrons. The van der Waals surface area contributed by atoms with E-state index in [0.29, 0.717) is 6.04 Å². The Labute approximate surface area is 97.0 Å². The molecular formula is C13H18ClN. The number of rotatable bonds is 2. The summed E-state index contributed by atoms with van der Waals surface area (Å²) in [5, 5.41) is 0.824. The second kappa shape index (κ2) is 5.00. The highest BCUT2D eigenvalue weighted by Gasteiger charge is 2.17. The summed E-state index contributed by atoms with van der Waals surface area (Å²) in [6.07, 6.45) is 4.08. The van der Waals surface area contributed by atoms with E-state index in [-0.39, 0.29) is 0 Å². The van der Waals surface area contributed by atoms with Gasteiger partial charge >= 0.3 is 0 Å². The second-order valence-electron chi connectivity index (χ2n) is 4.32. The van der Waals surface area contributed by atoms with Crippen molar-refractivity contribution in [2.24, 2.45) is 0 Å². The molecule has 1 aromatic carbocycles. The molecule has 1 nitrogen and oxygen atoms in total. The zero-order valence-electron chi connectivity index (χ0n) is 9.25. The minimum Gasteiger partial charge on any atom is -0.297 e. The van der Waals surface area contributed by atoms with Crippen molar-refractivity contribution in [1.29, 1.82) is 0 Å². The van der Waals surface area contributed by atoms with Gasteiger partial charge in [0.1, 0.15) is 0 Å². The van der Waals surface area contributed by atoms with Gasteiger partial charge in [-0.1, -0.05) is 30.2 Å². The van der Waals surface area contributed by atoms with Crippen molar-refractivity contribution in [2.75, 3.05) is 13.1 Å². The van der Waals surface area contributed by atoms with E-state index in [1.165, 1.54) is 37.9 Å². The average Bonchev–Trinajstić information content (AvgIpc) is 2.30. The van der Waals surface area contributed by atoms with Crippen molar-refractivity contribution in [3.05, 3.63) is 34.9 Å². The largest absolute Gasteiger partial charge is 0.297 e. The lowest BCUT2D eigenvalue weighted by atomic mass is 10.0. The molecule has 1 aromatic rings. The standard InChI is InChI=1S/C13H18ClN/c1-11(15-9-3-2-4-10-15)12-5-7-13(14)8-6-12/h5-8,11H,2-4,9-10H2,1H3. The first-order valence-corrected chi connectivity index (χ1v) is 6.14. The number of likely N-dealkylation sites (tertiary alicyclic amines) is 1. The van der Waals surface area contributed by atoms with E-state index in [0.717, 1.165) is 5.02 Å². The molecule has 0 aliphatic carbocycles. The van der Waals surface area contributed by atoms with E-state index in [1.54, 1.807) is 0 Å². The molecule has 0 amide bonds. The highest BCUT2D eigenvalue weighted by Crippen LogP contribution is 2.24. The van der Waals surface area contributed by atoms with E-state index in [2.05, 4.69) is 24.0 Å². The van der Waals surface area contributed by atoms with Crippen molar-refractivity contribution >= 4 is 11.6 Å². The smallest absolute Gasteiger partial charge is 0.0406 e.